The molecular weight excluding hydrogens is 441 g/mol. The summed E-state index contributed by atoms with van der Waals surface area (Å²) >= 11 is 0. The van der Waals surface area contributed by atoms with Crippen LogP contribution >= 0.6 is 0 Å². The summed E-state index contributed by atoms with van der Waals surface area (Å²) in [6.07, 6.45) is 5.42. The number of halogens is 3. The average molecular weight is 470 g/mol. The van der Waals surface area contributed by atoms with Crippen LogP contribution in [0.4, 0.5) is 13.2 Å². The number of hydrogen-bond donors (Lipinski definition) is 1. The van der Waals surface area contributed by atoms with E-state index in [-0.39, 0.29) is 11.5 Å². The van der Waals surface area contributed by atoms with Crippen molar-refractivity contribution in [3.63, 3.8) is 0 Å². The number of piperidine rings is 1. The van der Waals surface area contributed by atoms with Gasteiger partial charge in [0.15, 0.2) is 0 Å². The lowest BCUT2D eigenvalue weighted by molar-refractivity contribution is -0.192. The molecule has 2 saturated heterocycles. The lowest BCUT2D eigenvalue weighted by Crippen LogP contribution is -2.55. The van der Waals surface area contributed by atoms with Crippen LogP contribution in [0.25, 0.3) is 0 Å². The summed E-state index contributed by atoms with van der Waals surface area (Å²) < 4.78 is 35.7. The molecule has 0 bridgehead atoms. The van der Waals surface area contributed by atoms with Gasteiger partial charge in [0.05, 0.1) is 18.3 Å². The number of hydrogen-bond acceptors (Lipinski definition) is 5. The van der Waals surface area contributed by atoms with Gasteiger partial charge < -0.3 is 14.6 Å². The number of alkyl halides is 3. The number of nitrogens with zero attached hydrogens (tertiary/aromatic N) is 6. The fourth-order valence-electron chi connectivity index (χ4n) is 4.92. The van der Waals surface area contributed by atoms with E-state index < -0.39 is 12.1 Å². The summed E-state index contributed by atoms with van der Waals surface area (Å²) in [5, 5.41) is 11.5. The number of amides is 1. The van der Waals surface area contributed by atoms with Crippen molar-refractivity contribution in [3.8, 4) is 0 Å². The van der Waals surface area contributed by atoms with E-state index in [0.717, 1.165) is 44.8 Å². The van der Waals surface area contributed by atoms with E-state index in [1.165, 1.54) is 5.56 Å². The maximum absolute atomic E-state index is 12.7. The highest BCUT2D eigenvalue weighted by atomic mass is 19.4. The van der Waals surface area contributed by atoms with Gasteiger partial charge in [-0.05, 0) is 25.3 Å². The second kappa shape index (κ2) is 9.54. The van der Waals surface area contributed by atoms with Crippen LogP contribution in [0, 0.1) is 0 Å². The lowest BCUT2D eigenvalue weighted by atomic mass is 9.74. The number of aliphatic carboxylic acids is 1. The molecule has 9 nitrogen and oxygen atoms in total. The molecule has 33 heavy (non-hydrogen) atoms. The Labute approximate surface area is 189 Å². The molecule has 12 heteroatoms. The third-order valence-corrected chi connectivity index (χ3v) is 6.56. The normalized spacial score (nSPS) is 20.7. The molecule has 0 radical (unpaired) electrons. The summed E-state index contributed by atoms with van der Waals surface area (Å²) in [4.78, 5) is 30.7. The van der Waals surface area contributed by atoms with Crippen LogP contribution in [-0.2, 0) is 30.2 Å². The van der Waals surface area contributed by atoms with Gasteiger partial charge in [-0.3, -0.25) is 14.4 Å². The standard InChI is InChI=1S/C19H28N6O.C2HF3O2/c1-4-25-18(26)11-16(15-12-21-23(3)13-15)19(25)5-8-24(9-6-19)14-17-20-7-10-22(17)2;3-2(4,5)1(6)7/h7,10,12-13,16H,4-6,8-9,11,14H2,1-3H3;(H,6,7). The SMILES string of the molecule is CCN1C(=O)CC(c2cnn(C)c2)C12CCN(Cc1nccn1C)CC2.O=C(O)C(F)(F)F. The Hall–Kier alpha value is -2.89. The maximum Gasteiger partial charge on any atom is 0.490 e. The average Bonchev–Trinajstić information content (AvgIpc) is 3.42. The van der Waals surface area contributed by atoms with Crippen LogP contribution < -0.4 is 0 Å². The fraction of sp³-hybridized carbons (Fsp3) is 0.619. The van der Waals surface area contributed by atoms with Gasteiger partial charge in [0.1, 0.15) is 5.82 Å². The van der Waals surface area contributed by atoms with Crippen molar-refractivity contribution in [2.45, 2.75) is 50.4 Å². The Morgan fingerprint density at radius 2 is 1.91 bits per heavy atom. The van der Waals surface area contributed by atoms with Gasteiger partial charge >= 0.3 is 12.1 Å². The first-order valence-electron chi connectivity index (χ1n) is 10.8. The summed E-state index contributed by atoms with van der Waals surface area (Å²) in [5.41, 5.74) is 1.14. The number of likely N-dealkylation sites (N-methyl/N-ethyl adjacent to an activating group) is 1. The van der Waals surface area contributed by atoms with Crippen molar-refractivity contribution < 1.29 is 27.9 Å². The molecule has 1 amide bonds. The minimum Gasteiger partial charge on any atom is -0.475 e. The Bertz CT molecular complexity index is 978. The summed E-state index contributed by atoms with van der Waals surface area (Å²) in [6, 6.07) is 0. The molecule has 2 aromatic heterocycles. The number of imidazole rings is 1. The summed E-state index contributed by atoms with van der Waals surface area (Å²) in [7, 11) is 3.99. The zero-order valence-corrected chi connectivity index (χ0v) is 18.9. The highest BCUT2D eigenvalue weighted by Crippen LogP contribution is 2.48. The Kier molecular flexibility index (Phi) is 7.15. The molecule has 0 saturated carbocycles. The number of carbonyl (C=O) groups excluding carboxylic acids is 1. The highest BCUT2D eigenvalue weighted by molar-refractivity contribution is 5.81. The van der Waals surface area contributed by atoms with Crippen molar-refractivity contribution in [3.05, 3.63) is 36.2 Å². The topological polar surface area (TPSA) is 96.5 Å². The van der Waals surface area contributed by atoms with Gasteiger partial charge in [0.2, 0.25) is 5.91 Å². The smallest absolute Gasteiger partial charge is 0.475 e. The second-order valence-electron chi connectivity index (χ2n) is 8.48. The third-order valence-electron chi connectivity index (χ3n) is 6.56. The first-order valence-corrected chi connectivity index (χ1v) is 10.8. The van der Waals surface area contributed by atoms with Crippen LogP contribution in [0.15, 0.2) is 24.8 Å². The van der Waals surface area contributed by atoms with Crippen LogP contribution in [0.3, 0.4) is 0 Å². The van der Waals surface area contributed by atoms with E-state index in [9.17, 15) is 18.0 Å². The fourth-order valence-corrected chi connectivity index (χ4v) is 4.92. The van der Waals surface area contributed by atoms with Crippen LogP contribution in [0.1, 0.15) is 43.5 Å². The molecule has 2 aromatic rings. The van der Waals surface area contributed by atoms with Gasteiger partial charge in [-0.2, -0.15) is 18.3 Å². The molecule has 0 aliphatic carbocycles. The van der Waals surface area contributed by atoms with Gasteiger partial charge in [0, 0.05) is 64.7 Å². The lowest BCUT2D eigenvalue weighted by Gasteiger charge is -2.47. The molecular formula is C21H29F3N6O3. The van der Waals surface area contributed by atoms with Crippen molar-refractivity contribution in [2.75, 3.05) is 19.6 Å². The van der Waals surface area contributed by atoms with Crippen LogP contribution in [0.5, 0.6) is 0 Å². The largest absolute Gasteiger partial charge is 0.490 e. The molecule has 1 atom stereocenters. The molecule has 4 heterocycles. The van der Waals surface area contributed by atoms with E-state index in [1.54, 1.807) is 0 Å². The molecule has 2 aliphatic heterocycles. The number of aryl methyl sites for hydroxylation is 2. The number of carboxylic acid groups (broad SMARTS) is 1. The molecule has 2 fully saturated rings. The minimum absolute atomic E-state index is 0.0625. The predicted molar refractivity (Wildman–Crippen MR) is 112 cm³/mol. The maximum atomic E-state index is 12.7. The molecule has 0 aromatic carbocycles. The number of rotatable bonds is 4. The van der Waals surface area contributed by atoms with E-state index in [4.69, 9.17) is 9.90 Å². The molecule has 4 rings (SSSR count). The first kappa shape index (κ1) is 24.7. The van der Waals surface area contributed by atoms with Gasteiger partial charge in [-0.15, -0.1) is 0 Å². The van der Waals surface area contributed by atoms with Gasteiger partial charge in [-0.1, -0.05) is 0 Å². The Balaban J connectivity index is 0.000000383. The Morgan fingerprint density at radius 1 is 1.27 bits per heavy atom. The summed E-state index contributed by atoms with van der Waals surface area (Å²) in [5.74, 6) is -1.12. The molecule has 1 unspecified atom stereocenters. The summed E-state index contributed by atoms with van der Waals surface area (Å²) in [6.45, 7) is 5.75. The molecule has 1 spiro atoms. The Morgan fingerprint density at radius 3 is 2.36 bits per heavy atom. The molecule has 1 N–H and O–H groups in total. The van der Waals surface area contributed by atoms with Gasteiger partial charge in [0.25, 0.3) is 0 Å². The highest BCUT2D eigenvalue weighted by Gasteiger charge is 2.53. The zero-order valence-electron chi connectivity index (χ0n) is 18.9. The van der Waals surface area contributed by atoms with E-state index in [0.29, 0.717) is 12.3 Å². The monoisotopic (exact) mass is 470 g/mol. The zero-order chi connectivity index (χ0) is 24.4. The first-order chi connectivity index (χ1) is 15.5. The second-order valence-corrected chi connectivity index (χ2v) is 8.48. The van der Waals surface area contributed by atoms with Crippen molar-refractivity contribution >= 4 is 11.9 Å². The number of carboxylic acids is 1. The van der Waals surface area contributed by atoms with Crippen LogP contribution in [0.2, 0.25) is 0 Å². The van der Waals surface area contributed by atoms with E-state index >= 15 is 0 Å². The third kappa shape index (κ3) is 5.21. The molecule has 182 valence electrons. The van der Waals surface area contributed by atoms with Gasteiger partial charge in [-0.25, -0.2) is 9.78 Å². The van der Waals surface area contributed by atoms with E-state index in [2.05, 4.69) is 37.6 Å². The van der Waals surface area contributed by atoms with Crippen molar-refractivity contribution in [1.82, 2.24) is 29.1 Å². The predicted octanol–water partition coefficient (Wildman–Crippen LogP) is 2.16. The van der Waals surface area contributed by atoms with Crippen molar-refractivity contribution in [1.29, 1.82) is 0 Å². The number of aromatic nitrogens is 4. The number of likely N-dealkylation sites (tertiary alicyclic amines) is 2. The molecule has 2 aliphatic rings. The quantitative estimate of drug-likeness (QED) is 0.736. The van der Waals surface area contributed by atoms with E-state index in [1.807, 2.05) is 37.4 Å². The van der Waals surface area contributed by atoms with Crippen LogP contribution in [-0.4, -0.2) is 77.5 Å². The van der Waals surface area contributed by atoms with Crippen molar-refractivity contribution in [2.24, 2.45) is 14.1 Å². The minimum atomic E-state index is -5.08. The number of carbonyl (C=O) groups is 2.